The first-order valence-corrected chi connectivity index (χ1v) is 12.5. The number of aromatic nitrogens is 2. The Labute approximate surface area is 197 Å². The van der Waals surface area contributed by atoms with Gasteiger partial charge in [0.1, 0.15) is 5.60 Å². The molecular formula is C26H36ClN3O2. The Hall–Kier alpha value is -2.01. The van der Waals surface area contributed by atoms with Crippen molar-refractivity contribution in [1.29, 1.82) is 0 Å². The van der Waals surface area contributed by atoms with Crippen LogP contribution < -0.4 is 0 Å². The molecule has 0 N–H and O–H groups in total. The van der Waals surface area contributed by atoms with Crippen molar-refractivity contribution >= 4 is 17.7 Å². The maximum absolute atomic E-state index is 12.7. The van der Waals surface area contributed by atoms with Crippen LogP contribution in [-0.4, -0.2) is 39.5 Å². The second-order valence-corrected chi connectivity index (χ2v) is 10.6. The summed E-state index contributed by atoms with van der Waals surface area (Å²) in [6, 6.07) is 8.57. The van der Waals surface area contributed by atoms with Gasteiger partial charge < -0.3 is 9.64 Å². The molecule has 2 aliphatic rings. The normalized spacial score (nSPS) is 18.4. The molecule has 1 aliphatic heterocycles. The van der Waals surface area contributed by atoms with E-state index in [9.17, 15) is 4.79 Å². The fraction of sp³-hybridized carbons (Fsp3) is 0.615. The highest BCUT2D eigenvalue weighted by Gasteiger charge is 2.29. The Kier molecular flexibility index (Phi) is 7.14. The third-order valence-corrected chi connectivity index (χ3v) is 6.78. The molecule has 4 rings (SSSR count). The van der Waals surface area contributed by atoms with Crippen LogP contribution in [0.15, 0.2) is 24.3 Å². The van der Waals surface area contributed by atoms with E-state index >= 15 is 0 Å². The van der Waals surface area contributed by atoms with Gasteiger partial charge in [-0.15, -0.1) is 0 Å². The number of halogens is 1. The summed E-state index contributed by atoms with van der Waals surface area (Å²) in [6.45, 7) is 7.03. The summed E-state index contributed by atoms with van der Waals surface area (Å²) in [4.78, 5) is 14.5. The average molecular weight is 458 g/mol. The van der Waals surface area contributed by atoms with Crippen LogP contribution in [0, 0.1) is 0 Å². The fourth-order valence-corrected chi connectivity index (χ4v) is 5.07. The molecule has 0 saturated heterocycles. The standard InChI is InChI=1S/C26H36ClN3O2/c1-26(2,3)32-25(31)29-17-15-22-23(16-18-29)28-30(21-9-7-5-4-6-8-10-21)24(22)19-11-13-20(27)14-12-19/h11-14,21H,4-10,15-18H2,1-3H3. The highest BCUT2D eigenvalue weighted by molar-refractivity contribution is 6.30. The van der Waals surface area contributed by atoms with Gasteiger partial charge in [0.2, 0.25) is 0 Å². The number of carbonyl (C=O) groups excluding carboxylic acids is 1. The molecule has 5 nitrogen and oxygen atoms in total. The monoisotopic (exact) mass is 457 g/mol. The first-order chi connectivity index (χ1) is 15.3. The zero-order chi connectivity index (χ0) is 22.7. The molecule has 2 aromatic rings. The Morgan fingerprint density at radius 3 is 2.28 bits per heavy atom. The van der Waals surface area contributed by atoms with Crippen molar-refractivity contribution in [2.45, 2.75) is 90.2 Å². The van der Waals surface area contributed by atoms with Crippen LogP contribution in [0.25, 0.3) is 11.3 Å². The van der Waals surface area contributed by atoms with Crippen molar-refractivity contribution in [3.8, 4) is 11.3 Å². The summed E-state index contributed by atoms with van der Waals surface area (Å²) in [5, 5.41) is 5.92. The zero-order valence-electron chi connectivity index (χ0n) is 19.7. The molecule has 6 heteroatoms. The molecule has 0 unspecified atom stereocenters. The Morgan fingerprint density at radius 1 is 1.00 bits per heavy atom. The van der Waals surface area contributed by atoms with Gasteiger partial charge in [0.25, 0.3) is 0 Å². The van der Waals surface area contributed by atoms with Crippen molar-refractivity contribution in [2.75, 3.05) is 13.1 Å². The summed E-state index contributed by atoms with van der Waals surface area (Å²) < 4.78 is 7.95. The lowest BCUT2D eigenvalue weighted by Gasteiger charge is -2.26. The van der Waals surface area contributed by atoms with E-state index < -0.39 is 5.60 Å². The molecule has 1 aromatic carbocycles. The molecular weight excluding hydrogens is 422 g/mol. The van der Waals surface area contributed by atoms with Crippen molar-refractivity contribution in [3.05, 3.63) is 40.5 Å². The molecule has 1 amide bonds. The second-order valence-electron chi connectivity index (χ2n) is 10.2. The number of hydrogen-bond acceptors (Lipinski definition) is 3. The summed E-state index contributed by atoms with van der Waals surface area (Å²) >= 11 is 6.20. The minimum absolute atomic E-state index is 0.233. The third kappa shape index (κ3) is 5.48. The minimum Gasteiger partial charge on any atom is -0.444 e. The molecule has 0 radical (unpaired) electrons. The van der Waals surface area contributed by atoms with E-state index in [2.05, 4.69) is 16.8 Å². The number of hydrogen-bond donors (Lipinski definition) is 0. The van der Waals surface area contributed by atoms with Gasteiger partial charge in [-0.1, -0.05) is 55.8 Å². The van der Waals surface area contributed by atoms with Gasteiger partial charge in [0, 0.05) is 35.7 Å². The van der Waals surface area contributed by atoms with Crippen molar-refractivity contribution < 1.29 is 9.53 Å². The van der Waals surface area contributed by atoms with E-state index in [1.165, 1.54) is 56.2 Å². The van der Waals surface area contributed by atoms with Crippen LogP contribution in [0.3, 0.4) is 0 Å². The number of benzene rings is 1. The van der Waals surface area contributed by atoms with Gasteiger partial charge >= 0.3 is 6.09 Å². The van der Waals surface area contributed by atoms with Crippen LogP contribution in [0.5, 0.6) is 0 Å². The van der Waals surface area contributed by atoms with Gasteiger partial charge in [-0.2, -0.15) is 5.10 Å². The summed E-state index contributed by atoms with van der Waals surface area (Å²) in [7, 11) is 0. The number of rotatable bonds is 2. The Morgan fingerprint density at radius 2 is 1.62 bits per heavy atom. The van der Waals surface area contributed by atoms with Crippen molar-refractivity contribution in [1.82, 2.24) is 14.7 Å². The summed E-state index contributed by atoms with van der Waals surface area (Å²) in [5.41, 5.74) is 4.30. The van der Waals surface area contributed by atoms with E-state index in [-0.39, 0.29) is 6.09 Å². The number of carbonyl (C=O) groups is 1. The molecule has 1 saturated carbocycles. The average Bonchev–Trinajstić information content (AvgIpc) is 2.92. The Balaban J connectivity index is 1.66. The molecule has 0 bridgehead atoms. The Bertz CT molecular complexity index is 922. The number of fused-ring (bicyclic) bond motifs is 1. The quantitative estimate of drug-likeness (QED) is 0.496. The van der Waals surface area contributed by atoms with Gasteiger partial charge in [0.15, 0.2) is 0 Å². The molecule has 174 valence electrons. The van der Waals surface area contributed by atoms with Crippen LogP contribution in [0.4, 0.5) is 4.79 Å². The van der Waals surface area contributed by atoms with Crippen LogP contribution >= 0.6 is 11.6 Å². The topological polar surface area (TPSA) is 47.4 Å². The summed E-state index contributed by atoms with van der Waals surface area (Å²) in [6.07, 6.45) is 10.2. The smallest absolute Gasteiger partial charge is 0.410 e. The number of amides is 1. The molecule has 1 fully saturated rings. The lowest BCUT2D eigenvalue weighted by molar-refractivity contribution is 0.0258. The van der Waals surface area contributed by atoms with Crippen LogP contribution in [0.2, 0.25) is 5.02 Å². The lowest BCUT2D eigenvalue weighted by Crippen LogP contribution is -2.38. The zero-order valence-corrected chi connectivity index (χ0v) is 20.5. The van der Waals surface area contributed by atoms with Gasteiger partial charge in [-0.05, 0) is 52.2 Å². The van der Waals surface area contributed by atoms with Crippen LogP contribution in [-0.2, 0) is 17.6 Å². The molecule has 0 atom stereocenters. The molecule has 32 heavy (non-hydrogen) atoms. The lowest BCUT2D eigenvalue weighted by atomic mass is 9.95. The predicted molar refractivity (Wildman–Crippen MR) is 129 cm³/mol. The molecule has 1 aromatic heterocycles. The number of ether oxygens (including phenoxy) is 1. The largest absolute Gasteiger partial charge is 0.444 e. The van der Waals surface area contributed by atoms with Crippen molar-refractivity contribution in [3.63, 3.8) is 0 Å². The summed E-state index contributed by atoms with van der Waals surface area (Å²) in [5.74, 6) is 0. The SMILES string of the molecule is CC(C)(C)OC(=O)N1CCc2nn(C3CCCCCCC3)c(-c3ccc(Cl)cc3)c2CC1. The van der Waals surface area contributed by atoms with Crippen LogP contribution in [0.1, 0.15) is 83.0 Å². The van der Waals surface area contributed by atoms with Gasteiger partial charge in [-0.25, -0.2) is 4.79 Å². The van der Waals surface area contributed by atoms with E-state index in [0.717, 1.165) is 29.1 Å². The van der Waals surface area contributed by atoms with Crippen molar-refractivity contribution in [2.24, 2.45) is 0 Å². The van der Waals surface area contributed by atoms with Gasteiger partial charge in [0.05, 0.1) is 17.4 Å². The molecule has 1 aliphatic carbocycles. The van der Waals surface area contributed by atoms with Gasteiger partial charge in [-0.3, -0.25) is 4.68 Å². The van der Waals surface area contributed by atoms with E-state index in [0.29, 0.717) is 19.1 Å². The highest BCUT2D eigenvalue weighted by atomic mass is 35.5. The van der Waals surface area contributed by atoms with E-state index in [1.54, 1.807) is 0 Å². The molecule has 2 heterocycles. The predicted octanol–water partition coefficient (Wildman–Crippen LogP) is 6.82. The first-order valence-electron chi connectivity index (χ1n) is 12.2. The number of nitrogens with zero attached hydrogens (tertiary/aromatic N) is 3. The first kappa shape index (κ1) is 23.2. The van der Waals surface area contributed by atoms with E-state index in [4.69, 9.17) is 21.4 Å². The highest BCUT2D eigenvalue weighted by Crippen LogP contribution is 2.36. The maximum atomic E-state index is 12.7. The van der Waals surface area contributed by atoms with E-state index in [1.807, 2.05) is 37.8 Å². The fourth-order valence-electron chi connectivity index (χ4n) is 4.95. The molecule has 0 spiro atoms. The second kappa shape index (κ2) is 9.86. The minimum atomic E-state index is -0.487. The maximum Gasteiger partial charge on any atom is 0.410 e. The third-order valence-electron chi connectivity index (χ3n) is 6.53.